The third-order valence-corrected chi connectivity index (χ3v) is 8.09. The van der Waals surface area contributed by atoms with E-state index in [1.807, 2.05) is 11.0 Å². The first kappa shape index (κ1) is 26.9. The molecule has 39 heavy (non-hydrogen) atoms. The number of nitrogens with one attached hydrogen (secondary N) is 2. The van der Waals surface area contributed by atoms with Crippen LogP contribution in [0.2, 0.25) is 0 Å². The Bertz CT molecular complexity index is 1220. The highest BCUT2D eigenvalue weighted by molar-refractivity contribution is 6.13. The van der Waals surface area contributed by atoms with Crippen LogP contribution in [-0.4, -0.2) is 55.0 Å². The van der Waals surface area contributed by atoms with Crippen LogP contribution in [0.1, 0.15) is 73.3 Å². The minimum Gasteiger partial charge on any atom is -0.481 e. The van der Waals surface area contributed by atoms with Gasteiger partial charge < -0.3 is 20.3 Å². The monoisotopic (exact) mass is 531 g/mol. The van der Waals surface area contributed by atoms with Crippen LogP contribution in [0.25, 0.3) is 0 Å². The maximum atomic E-state index is 13.4. The van der Waals surface area contributed by atoms with E-state index >= 15 is 0 Å². The molecular weight excluding hydrogens is 494 g/mol. The highest BCUT2D eigenvalue weighted by atomic mass is 16.5. The molecule has 1 aliphatic heterocycles. The molecule has 1 aromatic carbocycles. The number of amides is 3. The van der Waals surface area contributed by atoms with Crippen molar-refractivity contribution < 1.29 is 19.1 Å². The van der Waals surface area contributed by atoms with Gasteiger partial charge in [0.25, 0.3) is 5.91 Å². The van der Waals surface area contributed by atoms with E-state index in [-0.39, 0.29) is 36.9 Å². The van der Waals surface area contributed by atoms with Crippen LogP contribution in [0.4, 0.5) is 11.4 Å². The lowest BCUT2D eigenvalue weighted by molar-refractivity contribution is -0.123. The summed E-state index contributed by atoms with van der Waals surface area (Å²) in [5.74, 6) is -0.0578. The molecule has 2 heterocycles. The second kappa shape index (κ2) is 12.0. The fourth-order valence-electron chi connectivity index (χ4n) is 5.62. The lowest BCUT2D eigenvalue weighted by Gasteiger charge is -2.43. The molecule has 2 fully saturated rings. The number of nitrogens with zero attached hydrogens (tertiary/aromatic N) is 3. The van der Waals surface area contributed by atoms with Gasteiger partial charge in [-0.1, -0.05) is 25.3 Å². The van der Waals surface area contributed by atoms with Crippen LogP contribution < -0.4 is 25.2 Å². The van der Waals surface area contributed by atoms with E-state index in [9.17, 15) is 14.4 Å². The Morgan fingerprint density at radius 3 is 2.54 bits per heavy atom. The molecule has 9 heteroatoms. The Hall–Kier alpha value is -3.72. The van der Waals surface area contributed by atoms with Crippen molar-refractivity contribution in [1.82, 2.24) is 15.6 Å². The molecule has 3 aliphatic rings. The average Bonchev–Trinajstić information content (AvgIpc) is 2.95. The second-order valence-electron chi connectivity index (χ2n) is 10.6. The standard InChI is InChI=1S/C30H37N5O4/c1-3-24(21-13-15-27(39-2)32-17-21)33-30(38)20-12-14-25-26(16-20)34(19-29(37)35(25)23-10-7-11-23)28(36)18-31-22-8-5-4-6-9-22/h3,12-17,22-24,31H,1,4-11,18-19H2,2H3,(H,33,38). The summed E-state index contributed by atoms with van der Waals surface area (Å²) >= 11 is 0. The third-order valence-electron chi connectivity index (χ3n) is 8.09. The predicted octanol–water partition coefficient (Wildman–Crippen LogP) is 3.90. The number of benzene rings is 1. The van der Waals surface area contributed by atoms with Gasteiger partial charge in [-0.05, 0) is 61.9 Å². The van der Waals surface area contributed by atoms with Crippen LogP contribution in [-0.2, 0) is 9.59 Å². The number of hydrogen-bond acceptors (Lipinski definition) is 6. The number of ether oxygens (including phenoxy) is 1. The molecule has 9 nitrogen and oxygen atoms in total. The molecule has 0 spiro atoms. The minimum atomic E-state index is -0.461. The quantitative estimate of drug-likeness (QED) is 0.476. The van der Waals surface area contributed by atoms with Crippen LogP contribution in [0, 0.1) is 0 Å². The highest BCUT2D eigenvalue weighted by Crippen LogP contribution is 2.40. The molecule has 1 atom stereocenters. The first-order valence-electron chi connectivity index (χ1n) is 13.9. The van der Waals surface area contributed by atoms with Crippen LogP contribution in [0.15, 0.2) is 49.2 Å². The maximum Gasteiger partial charge on any atom is 0.252 e. The Labute approximate surface area is 229 Å². The SMILES string of the molecule is C=CC(NC(=O)c1ccc2c(c1)N(C(=O)CNC1CCCCC1)CC(=O)N2C1CCC1)c1ccc(OC)nc1. The highest BCUT2D eigenvalue weighted by Gasteiger charge is 2.38. The number of carbonyl (C=O) groups is 3. The molecule has 2 saturated carbocycles. The number of carbonyl (C=O) groups excluding carboxylic acids is 3. The lowest BCUT2D eigenvalue weighted by Crippen LogP contribution is -2.55. The second-order valence-corrected chi connectivity index (χ2v) is 10.6. The molecule has 1 aromatic heterocycles. The number of fused-ring (bicyclic) bond motifs is 1. The van der Waals surface area contributed by atoms with Crippen LogP contribution in [0.5, 0.6) is 5.88 Å². The van der Waals surface area contributed by atoms with Gasteiger partial charge in [0.15, 0.2) is 0 Å². The average molecular weight is 532 g/mol. The number of methoxy groups -OCH3 is 1. The number of rotatable bonds is 9. The molecular formula is C30H37N5O4. The van der Waals surface area contributed by atoms with Gasteiger partial charge in [-0.25, -0.2) is 4.98 Å². The van der Waals surface area contributed by atoms with Crippen molar-refractivity contribution >= 4 is 29.1 Å². The Balaban J connectivity index is 1.38. The van der Waals surface area contributed by atoms with E-state index in [0.717, 1.165) is 37.7 Å². The first-order chi connectivity index (χ1) is 19.0. The molecule has 0 radical (unpaired) electrons. The molecule has 2 N–H and O–H groups in total. The van der Waals surface area contributed by atoms with Gasteiger partial charge in [0.05, 0.1) is 31.1 Å². The molecule has 0 bridgehead atoms. The molecule has 3 amide bonds. The van der Waals surface area contributed by atoms with E-state index in [2.05, 4.69) is 22.2 Å². The van der Waals surface area contributed by atoms with Crippen molar-refractivity contribution in [3.05, 3.63) is 60.3 Å². The van der Waals surface area contributed by atoms with E-state index < -0.39 is 6.04 Å². The Morgan fingerprint density at radius 1 is 1.10 bits per heavy atom. The fourth-order valence-corrected chi connectivity index (χ4v) is 5.62. The fraction of sp³-hybridized carbons (Fsp3) is 0.467. The Kier molecular flexibility index (Phi) is 8.26. The van der Waals surface area contributed by atoms with Crippen molar-refractivity contribution in [3.8, 4) is 5.88 Å². The maximum absolute atomic E-state index is 13.4. The summed E-state index contributed by atoms with van der Waals surface area (Å²) in [6, 6.07) is 8.81. The van der Waals surface area contributed by atoms with E-state index in [4.69, 9.17) is 4.74 Å². The van der Waals surface area contributed by atoms with Gasteiger partial charge in [-0.2, -0.15) is 0 Å². The third kappa shape index (κ3) is 5.83. The van der Waals surface area contributed by atoms with Crippen molar-refractivity contribution in [2.75, 3.05) is 30.0 Å². The normalized spacial score (nSPS) is 18.6. The van der Waals surface area contributed by atoms with Gasteiger partial charge in [0.2, 0.25) is 17.7 Å². The van der Waals surface area contributed by atoms with Gasteiger partial charge in [-0.15, -0.1) is 6.58 Å². The smallest absolute Gasteiger partial charge is 0.252 e. The first-order valence-corrected chi connectivity index (χ1v) is 13.9. The molecule has 5 rings (SSSR count). The topological polar surface area (TPSA) is 104 Å². The van der Waals surface area contributed by atoms with Crippen molar-refractivity contribution in [3.63, 3.8) is 0 Å². The molecule has 206 valence electrons. The molecule has 2 aliphatic carbocycles. The van der Waals surface area contributed by atoms with Crippen molar-refractivity contribution in [2.45, 2.75) is 69.5 Å². The lowest BCUT2D eigenvalue weighted by atomic mass is 9.90. The van der Waals surface area contributed by atoms with E-state index in [0.29, 0.717) is 28.9 Å². The van der Waals surface area contributed by atoms with Gasteiger partial charge in [-0.3, -0.25) is 19.3 Å². The molecule has 2 aromatic rings. The van der Waals surface area contributed by atoms with Gasteiger partial charge >= 0.3 is 0 Å². The summed E-state index contributed by atoms with van der Waals surface area (Å²) in [5.41, 5.74) is 2.47. The van der Waals surface area contributed by atoms with Gasteiger partial charge in [0, 0.05) is 29.9 Å². The molecule has 0 saturated heterocycles. The summed E-state index contributed by atoms with van der Waals surface area (Å²) < 4.78 is 5.12. The zero-order valence-corrected chi connectivity index (χ0v) is 22.5. The summed E-state index contributed by atoms with van der Waals surface area (Å²) in [6.07, 6.45) is 12.0. The zero-order valence-electron chi connectivity index (χ0n) is 22.5. The summed E-state index contributed by atoms with van der Waals surface area (Å²) in [4.78, 5) is 47.6. The Morgan fingerprint density at radius 2 is 1.90 bits per heavy atom. The van der Waals surface area contributed by atoms with Crippen LogP contribution in [0.3, 0.4) is 0 Å². The minimum absolute atomic E-state index is 0.0213. The zero-order chi connectivity index (χ0) is 27.4. The van der Waals surface area contributed by atoms with Crippen molar-refractivity contribution in [2.24, 2.45) is 0 Å². The summed E-state index contributed by atoms with van der Waals surface area (Å²) in [6.45, 7) is 4.01. The van der Waals surface area contributed by atoms with Crippen molar-refractivity contribution in [1.29, 1.82) is 0 Å². The summed E-state index contributed by atoms with van der Waals surface area (Å²) in [5, 5.41) is 6.38. The number of pyridine rings is 1. The predicted molar refractivity (Wildman–Crippen MR) is 150 cm³/mol. The number of anilines is 2. The largest absolute Gasteiger partial charge is 0.481 e. The van der Waals surface area contributed by atoms with Crippen LogP contribution >= 0.6 is 0 Å². The van der Waals surface area contributed by atoms with E-state index in [1.54, 1.807) is 43.6 Å². The molecule has 1 unspecified atom stereocenters. The van der Waals surface area contributed by atoms with E-state index in [1.165, 1.54) is 24.2 Å². The van der Waals surface area contributed by atoms with Gasteiger partial charge in [0.1, 0.15) is 6.54 Å². The number of hydrogen-bond donors (Lipinski definition) is 2. The summed E-state index contributed by atoms with van der Waals surface area (Å²) in [7, 11) is 1.55. The number of aromatic nitrogens is 1.